The number of aromatic hydroxyl groups is 1. The van der Waals surface area contributed by atoms with Gasteiger partial charge in [-0.05, 0) is 75.8 Å². The van der Waals surface area contributed by atoms with Crippen LogP contribution < -0.4 is 14.8 Å². The molecule has 2 aromatic rings. The zero-order chi connectivity index (χ0) is 22.7. The standard InChI is InChI=1S/C28H33NO3/c1-6-28(14-8-7-9-15-28)26-24-18(23-21(32-26)13-12-20(30)25(23)31-5)10-11-19-22(24)17(2)16-27(3,4)29-19/h7-8,10-13,16,26,29-30H,6,9,14-15H2,1-5H3/t26-,28?/m1/s1. The number of methoxy groups -OCH3 is 1. The fourth-order valence-corrected chi connectivity index (χ4v) is 6.02. The van der Waals surface area contributed by atoms with E-state index in [9.17, 15) is 5.11 Å². The predicted octanol–water partition coefficient (Wildman–Crippen LogP) is 7.25. The first-order chi connectivity index (χ1) is 15.3. The summed E-state index contributed by atoms with van der Waals surface area (Å²) in [6.45, 7) is 8.88. The fraction of sp³-hybridized carbons (Fsp3) is 0.429. The highest BCUT2D eigenvalue weighted by Crippen LogP contribution is 2.60. The smallest absolute Gasteiger partial charge is 0.172 e. The molecule has 32 heavy (non-hydrogen) atoms. The van der Waals surface area contributed by atoms with Gasteiger partial charge in [0.05, 0.1) is 18.2 Å². The molecular weight excluding hydrogens is 398 g/mol. The Morgan fingerprint density at radius 1 is 1.16 bits per heavy atom. The van der Waals surface area contributed by atoms with Crippen LogP contribution in [0.15, 0.2) is 42.5 Å². The van der Waals surface area contributed by atoms with Gasteiger partial charge in [-0.1, -0.05) is 31.2 Å². The first-order valence-corrected chi connectivity index (χ1v) is 11.7. The lowest BCUT2D eigenvalue weighted by molar-refractivity contribution is 0.0298. The summed E-state index contributed by atoms with van der Waals surface area (Å²) >= 11 is 0. The first kappa shape index (κ1) is 21.0. The lowest BCUT2D eigenvalue weighted by Gasteiger charge is -2.46. The molecule has 0 spiro atoms. The molecule has 2 N–H and O–H groups in total. The summed E-state index contributed by atoms with van der Waals surface area (Å²) in [7, 11) is 1.61. The molecule has 2 aliphatic heterocycles. The van der Waals surface area contributed by atoms with Gasteiger partial charge in [0.15, 0.2) is 11.5 Å². The highest BCUT2D eigenvalue weighted by atomic mass is 16.5. The minimum absolute atomic E-state index is 0.0225. The Balaban J connectivity index is 1.83. The molecule has 2 atom stereocenters. The SMILES string of the molecule is CCC1([C@@H]2Oc3ccc(O)c(OC)c3-c3ccc4c(c32)C(C)=CC(C)(C)N4)CC=CCC1. The second-order valence-electron chi connectivity index (χ2n) is 10.0. The number of ether oxygens (including phenoxy) is 2. The zero-order valence-corrected chi connectivity index (χ0v) is 19.7. The number of anilines is 1. The summed E-state index contributed by atoms with van der Waals surface area (Å²) in [4.78, 5) is 0. The average molecular weight is 432 g/mol. The molecule has 168 valence electrons. The van der Waals surface area contributed by atoms with Crippen molar-refractivity contribution in [2.24, 2.45) is 5.41 Å². The van der Waals surface area contributed by atoms with Gasteiger partial charge in [-0.15, -0.1) is 0 Å². The third-order valence-corrected chi connectivity index (χ3v) is 7.51. The Labute approximate surface area is 191 Å². The van der Waals surface area contributed by atoms with Crippen LogP contribution in [0.3, 0.4) is 0 Å². The number of phenols is 1. The second kappa shape index (κ2) is 7.33. The van der Waals surface area contributed by atoms with Crippen molar-refractivity contribution >= 4 is 11.3 Å². The number of benzene rings is 2. The number of hydrogen-bond acceptors (Lipinski definition) is 4. The van der Waals surface area contributed by atoms with Gasteiger partial charge in [0.1, 0.15) is 11.9 Å². The van der Waals surface area contributed by atoms with Crippen molar-refractivity contribution in [1.29, 1.82) is 0 Å². The van der Waals surface area contributed by atoms with Crippen LogP contribution in [0.1, 0.15) is 70.6 Å². The van der Waals surface area contributed by atoms with Gasteiger partial charge in [-0.2, -0.15) is 0 Å². The van der Waals surface area contributed by atoms with E-state index in [-0.39, 0.29) is 22.8 Å². The predicted molar refractivity (Wildman–Crippen MR) is 131 cm³/mol. The molecular formula is C28H33NO3. The maximum atomic E-state index is 10.5. The molecule has 2 aromatic carbocycles. The van der Waals surface area contributed by atoms with Crippen LogP contribution in [-0.4, -0.2) is 17.8 Å². The number of hydrogen-bond donors (Lipinski definition) is 2. The highest BCUT2D eigenvalue weighted by molar-refractivity contribution is 5.92. The lowest BCUT2D eigenvalue weighted by atomic mass is 9.65. The molecule has 1 unspecified atom stereocenters. The number of rotatable bonds is 3. The normalized spacial score (nSPS) is 24.9. The Morgan fingerprint density at radius 2 is 1.97 bits per heavy atom. The molecule has 1 aliphatic carbocycles. The lowest BCUT2D eigenvalue weighted by Crippen LogP contribution is -2.37. The van der Waals surface area contributed by atoms with E-state index in [0.29, 0.717) is 5.75 Å². The van der Waals surface area contributed by atoms with E-state index in [1.54, 1.807) is 13.2 Å². The van der Waals surface area contributed by atoms with Crippen molar-refractivity contribution in [1.82, 2.24) is 0 Å². The van der Waals surface area contributed by atoms with Gasteiger partial charge in [-0.25, -0.2) is 0 Å². The molecule has 0 saturated carbocycles. The number of nitrogens with one attached hydrogen (secondary N) is 1. The summed E-state index contributed by atoms with van der Waals surface area (Å²) in [5.41, 5.74) is 6.70. The van der Waals surface area contributed by atoms with Crippen molar-refractivity contribution in [2.75, 3.05) is 12.4 Å². The Bertz CT molecular complexity index is 1140. The van der Waals surface area contributed by atoms with Crippen LogP contribution in [-0.2, 0) is 0 Å². The quantitative estimate of drug-likeness (QED) is 0.503. The average Bonchev–Trinajstić information content (AvgIpc) is 2.77. The van der Waals surface area contributed by atoms with E-state index in [0.717, 1.165) is 48.2 Å². The third kappa shape index (κ3) is 3.03. The zero-order valence-electron chi connectivity index (χ0n) is 19.7. The van der Waals surface area contributed by atoms with Crippen LogP contribution in [0.25, 0.3) is 16.7 Å². The number of fused-ring (bicyclic) bond motifs is 5. The Morgan fingerprint density at radius 3 is 2.66 bits per heavy atom. The molecule has 0 amide bonds. The van der Waals surface area contributed by atoms with E-state index in [1.807, 2.05) is 6.07 Å². The molecule has 4 nitrogen and oxygen atoms in total. The fourth-order valence-electron chi connectivity index (χ4n) is 6.02. The largest absolute Gasteiger partial charge is 0.504 e. The number of allylic oxidation sites excluding steroid dienone is 3. The molecule has 0 aromatic heterocycles. The summed E-state index contributed by atoms with van der Waals surface area (Å²) in [6.07, 6.45) is 11.1. The summed E-state index contributed by atoms with van der Waals surface area (Å²) in [6, 6.07) is 7.90. The van der Waals surface area contributed by atoms with Gasteiger partial charge >= 0.3 is 0 Å². The van der Waals surface area contributed by atoms with Crippen LogP contribution >= 0.6 is 0 Å². The highest BCUT2D eigenvalue weighted by Gasteiger charge is 2.46. The van der Waals surface area contributed by atoms with Gasteiger partial charge < -0.3 is 19.9 Å². The summed E-state index contributed by atoms with van der Waals surface area (Å²) in [5, 5.41) is 14.3. The molecule has 0 fully saturated rings. The number of phenolic OH excluding ortho intramolecular Hbond substituents is 1. The van der Waals surface area contributed by atoms with Crippen molar-refractivity contribution in [3.63, 3.8) is 0 Å². The Hall–Kier alpha value is -2.88. The first-order valence-electron chi connectivity index (χ1n) is 11.7. The maximum absolute atomic E-state index is 10.5. The maximum Gasteiger partial charge on any atom is 0.172 e. The molecule has 0 saturated heterocycles. The molecule has 2 heterocycles. The molecule has 5 rings (SSSR count). The van der Waals surface area contributed by atoms with Crippen molar-refractivity contribution in [3.8, 4) is 28.4 Å². The van der Waals surface area contributed by atoms with Crippen molar-refractivity contribution in [2.45, 2.75) is 65.0 Å². The second-order valence-corrected chi connectivity index (χ2v) is 10.0. The minimum Gasteiger partial charge on any atom is -0.504 e. The topological polar surface area (TPSA) is 50.7 Å². The van der Waals surface area contributed by atoms with Crippen LogP contribution in [0.4, 0.5) is 5.69 Å². The Kier molecular flexibility index (Phi) is 4.81. The monoisotopic (exact) mass is 431 g/mol. The van der Waals surface area contributed by atoms with Crippen molar-refractivity contribution in [3.05, 3.63) is 53.6 Å². The van der Waals surface area contributed by atoms with Gasteiger partial charge in [0, 0.05) is 22.2 Å². The van der Waals surface area contributed by atoms with Crippen molar-refractivity contribution < 1.29 is 14.6 Å². The summed E-state index contributed by atoms with van der Waals surface area (Å²) in [5.74, 6) is 1.39. The molecule has 4 heteroatoms. The minimum atomic E-state index is -0.111. The van der Waals surface area contributed by atoms with E-state index in [4.69, 9.17) is 9.47 Å². The van der Waals surface area contributed by atoms with E-state index in [1.165, 1.54) is 16.7 Å². The van der Waals surface area contributed by atoms with Crippen LogP contribution in [0.2, 0.25) is 0 Å². The molecule has 0 radical (unpaired) electrons. The van der Waals surface area contributed by atoms with Crippen LogP contribution in [0.5, 0.6) is 17.2 Å². The summed E-state index contributed by atoms with van der Waals surface area (Å²) < 4.78 is 12.5. The van der Waals surface area contributed by atoms with E-state index >= 15 is 0 Å². The van der Waals surface area contributed by atoms with E-state index < -0.39 is 0 Å². The van der Waals surface area contributed by atoms with Gasteiger partial charge in [-0.3, -0.25) is 0 Å². The van der Waals surface area contributed by atoms with Crippen LogP contribution in [0, 0.1) is 5.41 Å². The third-order valence-electron chi connectivity index (χ3n) is 7.51. The molecule has 3 aliphatic rings. The van der Waals surface area contributed by atoms with E-state index in [2.05, 4.69) is 63.4 Å². The van der Waals surface area contributed by atoms with Gasteiger partial charge in [0.2, 0.25) is 0 Å². The van der Waals surface area contributed by atoms with Gasteiger partial charge in [0.25, 0.3) is 0 Å². The molecule has 0 bridgehead atoms.